The zero-order valence-corrected chi connectivity index (χ0v) is 15.2. The summed E-state index contributed by atoms with van der Waals surface area (Å²) >= 11 is 5.87. The number of hydrogen-bond acceptors (Lipinski definition) is 3. The van der Waals surface area contributed by atoms with Crippen molar-refractivity contribution in [2.24, 2.45) is 0 Å². The number of rotatable bonds is 4. The Labute approximate surface area is 157 Å². The van der Waals surface area contributed by atoms with Gasteiger partial charge in [0, 0.05) is 43.2 Å². The normalized spacial score (nSPS) is 14.3. The van der Waals surface area contributed by atoms with Crippen LogP contribution < -0.4 is 0 Å². The molecule has 1 aliphatic rings. The molecule has 0 atom stereocenters. The lowest BCUT2D eigenvalue weighted by Crippen LogP contribution is -2.50. The minimum absolute atomic E-state index is 0.0758. The molecule has 0 aromatic heterocycles. The number of piperazine rings is 1. The van der Waals surface area contributed by atoms with E-state index in [1.165, 1.54) is 12.1 Å². The number of phenolic OH excluding ortho intramolecular Hbond substituents is 1. The molecule has 1 saturated heterocycles. The van der Waals surface area contributed by atoms with Crippen LogP contribution in [-0.4, -0.2) is 52.9 Å². The number of nitrogens with zero attached hydrogens (tertiary/aromatic N) is 2. The molecule has 1 aliphatic heterocycles. The van der Waals surface area contributed by atoms with Gasteiger partial charge in [-0.3, -0.25) is 9.59 Å². The fraction of sp³-hybridized carbons (Fsp3) is 0.300. The van der Waals surface area contributed by atoms with Crippen molar-refractivity contribution >= 4 is 23.4 Å². The zero-order chi connectivity index (χ0) is 18.5. The quantitative estimate of drug-likeness (QED) is 0.897. The number of aromatic hydroxyl groups is 1. The van der Waals surface area contributed by atoms with Gasteiger partial charge in [0.05, 0.1) is 0 Å². The fourth-order valence-corrected chi connectivity index (χ4v) is 3.17. The summed E-state index contributed by atoms with van der Waals surface area (Å²) < 4.78 is 0. The maximum Gasteiger partial charge on any atom is 0.254 e. The standard InChI is InChI=1S/C20H21ClN2O3/c21-17-7-4-15(5-8-17)6-9-19(25)22-10-12-23(13-11-22)20(26)16-2-1-3-18(24)14-16/h1-5,7-8,14,24H,6,9-13H2. The third-order valence-electron chi connectivity index (χ3n) is 4.55. The van der Waals surface area contributed by atoms with E-state index in [1.54, 1.807) is 17.0 Å². The summed E-state index contributed by atoms with van der Waals surface area (Å²) in [6, 6.07) is 13.9. The van der Waals surface area contributed by atoms with E-state index in [0.29, 0.717) is 49.6 Å². The third-order valence-corrected chi connectivity index (χ3v) is 4.81. The molecule has 2 aromatic rings. The number of carbonyl (C=O) groups is 2. The van der Waals surface area contributed by atoms with E-state index in [1.807, 2.05) is 29.2 Å². The molecule has 1 heterocycles. The molecule has 5 nitrogen and oxygen atoms in total. The summed E-state index contributed by atoms with van der Waals surface area (Å²) in [7, 11) is 0. The Bertz CT molecular complexity index is 784. The Morgan fingerprint density at radius 2 is 1.62 bits per heavy atom. The van der Waals surface area contributed by atoms with Gasteiger partial charge in [-0.2, -0.15) is 0 Å². The van der Waals surface area contributed by atoms with Crippen molar-refractivity contribution in [1.29, 1.82) is 0 Å². The Morgan fingerprint density at radius 1 is 0.962 bits per heavy atom. The van der Waals surface area contributed by atoms with Gasteiger partial charge in [0.1, 0.15) is 5.75 Å². The number of hydrogen-bond donors (Lipinski definition) is 1. The van der Waals surface area contributed by atoms with Crippen molar-refractivity contribution in [3.63, 3.8) is 0 Å². The van der Waals surface area contributed by atoms with E-state index in [4.69, 9.17) is 11.6 Å². The van der Waals surface area contributed by atoms with E-state index in [-0.39, 0.29) is 17.6 Å². The first-order valence-electron chi connectivity index (χ1n) is 8.63. The van der Waals surface area contributed by atoms with Crippen LogP contribution >= 0.6 is 11.6 Å². The van der Waals surface area contributed by atoms with Crippen molar-refractivity contribution in [3.05, 3.63) is 64.7 Å². The lowest BCUT2D eigenvalue weighted by Gasteiger charge is -2.35. The van der Waals surface area contributed by atoms with Crippen LogP contribution in [0.3, 0.4) is 0 Å². The maximum absolute atomic E-state index is 12.5. The van der Waals surface area contributed by atoms with Crippen molar-refractivity contribution in [2.45, 2.75) is 12.8 Å². The van der Waals surface area contributed by atoms with E-state index < -0.39 is 0 Å². The van der Waals surface area contributed by atoms with Crippen molar-refractivity contribution in [2.75, 3.05) is 26.2 Å². The van der Waals surface area contributed by atoms with Gasteiger partial charge in [-0.15, -0.1) is 0 Å². The molecule has 136 valence electrons. The lowest BCUT2D eigenvalue weighted by molar-refractivity contribution is -0.132. The largest absolute Gasteiger partial charge is 0.508 e. The number of carbonyl (C=O) groups excluding carboxylic acids is 2. The number of amides is 2. The predicted molar refractivity (Wildman–Crippen MR) is 100 cm³/mol. The molecule has 0 saturated carbocycles. The molecule has 0 aliphatic carbocycles. The Hall–Kier alpha value is -2.53. The monoisotopic (exact) mass is 372 g/mol. The Kier molecular flexibility index (Phi) is 5.78. The van der Waals surface area contributed by atoms with Gasteiger partial charge in [-0.25, -0.2) is 0 Å². The average molecular weight is 373 g/mol. The summed E-state index contributed by atoms with van der Waals surface area (Å²) in [5, 5.41) is 10.2. The van der Waals surface area contributed by atoms with Gasteiger partial charge in [0.2, 0.25) is 5.91 Å². The number of benzene rings is 2. The average Bonchev–Trinajstić information content (AvgIpc) is 2.67. The highest BCUT2D eigenvalue weighted by Crippen LogP contribution is 2.15. The second kappa shape index (κ2) is 8.23. The second-order valence-corrected chi connectivity index (χ2v) is 6.79. The molecule has 1 N–H and O–H groups in total. The van der Waals surface area contributed by atoms with Crippen LogP contribution in [0.5, 0.6) is 5.75 Å². The van der Waals surface area contributed by atoms with Gasteiger partial charge >= 0.3 is 0 Å². The molecule has 26 heavy (non-hydrogen) atoms. The second-order valence-electron chi connectivity index (χ2n) is 6.35. The molecule has 0 unspecified atom stereocenters. The van der Waals surface area contributed by atoms with Gasteiger partial charge in [0.25, 0.3) is 5.91 Å². The minimum atomic E-state index is -0.117. The summed E-state index contributed by atoms with van der Waals surface area (Å²) in [6.07, 6.45) is 1.13. The zero-order valence-electron chi connectivity index (χ0n) is 14.4. The Morgan fingerprint density at radius 3 is 2.27 bits per heavy atom. The van der Waals surface area contributed by atoms with Gasteiger partial charge in [-0.05, 0) is 42.3 Å². The maximum atomic E-state index is 12.5. The van der Waals surface area contributed by atoms with Crippen LogP contribution in [0.15, 0.2) is 48.5 Å². The van der Waals surface area contributed by atoms with Crippen LogP contribution in [0.1, 0.15) is 22.3 Å². The summed E-state index contributed by atoms with van der Waals surface area (Å²) in [6.45, 7) is 2.07. The minimum Gasteiger partial charge on any atom is -0.508 e. The van der Waals surface area contributed by atoms with Crippen LogP contribution in [0.25, 0.3) is 0 Å². The third kappa shape index (κ3) is 4.55. The molecular weight excluding hydrogens is 352 g/mol. The fourth-order valence-electron chi connectivity index (χ4n) is 3.04. The first-order valence-corrected chi connectivity index (χ1v) is 9.01. The highest BCUT2D eigenvalue weighted by molar-refractivity contribution is 6.30. The van der Waals surface area contributed by atoms with E-state index in [9.17, 15) is 14.7 Å². The molecule has 1 fully saturated rings. The molecular formula is C20H21ClN2O3. The van der Waals surface area contributed by atoms with Crippen LogP contribution in [-0.2, 0) is 11.2 Å². The smallest absolute Gasteiger partial charge is 0.254 e. The van der Waals surface area contributed by atoms with Gasteiger partial charge in [0.15, 0.2) is 0 Å². The lowest BCUT2D eigenvalue weighted by atomic mass is 10.1. The van der Waals surface area contributed by atoms with E-state index in [0.717, 1.165) is 5.56 Å². The van der Waals surface area contributed by atoms with Crippen molar-refractivity contribution in [3.8, 4) is 5.75 Å². The van der Waals surface area contributed by atoms with Gasteiger partial charge < -0.3 is 14.9 Å². The number of aryl methyl sites for hydroxylation is 1. The summed E-state index contributed by atoms with van der Waals surface area (Å²) in [4.78, 5) is 28.4. The van der Waals surface area contributed by atoms with Crippen LogP contribution in [0, 0.1) is 0 Å². The molecule has 6 heteroatoms. The van der Waals surface area contributed by atoms with E-state index >= 15 is 0 Å². The molecule has 0 radical (unpaired) electrons. The summed E-state index contributed by atoms with van der Waals surface area (Å²) in [5.41, 5.74) is 1.55. The topological polar surface area (TPSA) is 60.9 Å². The predicted octanol–water partition coefficient (Wildman–Crippen LogP) is 2.96. The van der Waals surface area contributed by atoms with Crippen molar-refractivity contribution in [1.82, 2.24) is 9.80 Å². The SMILES string of the molecule is O=C(CCc1ccc(Cl)cc1)N1CCN(C(=O)c2cccc(O)c2)CC1. The van der Waals surface area contributed by atoms with Crippen LogP contribution in [0.2, 0.25) is 5.02 Å². The molecule has 0 bridgehead atoms. The number of phenols is 1. The molecule has 2 amide bonds. The number of halogens is 1. The first kappa shape index (κ1) is 18.3. The highest BCUT2D eigenvalue weighted by atomic mass is 35.5. The van der Waals surface area contributed by atoms with E-state index in [2.05, 4.69) is 0 Å². The summed E-state index contributed by atoms with van der Waals surface area (Å²) in [5.74, 6) is 0.0606. The molecule has 0 spiro atoms. The molecule has 2 aromatic carbocycles. The Balaban J connectivity index is 1.49. The van der Waals surface area contributed by atoms with Crippen LogP contribution in [0.4, 0.5) is 0 Å². The highest BCUT2D eigenvalue weighted by Gasteiger charge is 2.24. The molecule has 3 rings (SSSR count). The van der Waals surface area contributed by atoms with Gasteiger partial charge in [-0.1, -0.05) is 29.8 Å². The first-order chi connectivity index (χ1) is 12.5. The van der Waals surface area contributed by atoms with Crippen molar-refractivity contribution < 1.29 is 14.7 Å².